The highest BCUT2D eigenvalue weighted by atomic mass is 32.2. The van der Waals surface area contributed by atoms with Crippen LogP contribution in [0.25, 0.3) is 0 Å². The van der Waals surface area contributed by atoms with Gasteiger partial charge in [-0.15, -0.1) is 0 Å². The predicted molar refractivity (Wildman–Crippen MR) is 79.5 cm³/mol. The van der Waals surface area contributed by atoms with Crippen molar-refractivity contribution in [1.29, 1.82) is 0 Å². The molecule has 0 atom stereocenters. The summed E-state index contributed by atoms with van der Waals surface area (Å²) in [5, 5.41) is 0. The van der Waals surface area contributed by atoms with Gasteiger partial charge >= 0.3 is 0 Å². The first-order chi connectivity index (χ1) is 9.96. The van der Waals surface area contributed by atoms with Gasteiger partial charge in [-0.3, -0.25) is 0 Å². The summed E-state index contributed by atoms with van der Waals surface area (Å²) in [6.07, 6.45) is 0.649. The van der Waals surface area contributed by atoms with Crippen molar-refractivity contribution in [3.63, 3.8) is 0 Å². The van der Waals surface area contributed by atoms with Crippen molar-refractivity contribution in [2.24, 2.45) is 0 Å². The maximum atomic E-state index is 12.9. The van der Waals surface area contributed by atoms with Crippen molar-refractivity contribution in [2.75, 3.05) is 6.54 Å². The number of nitrogens with zero attached hydrogens (tertiary/aromatic N) is 1. The van der Waals surface area contributed by atoms with Gasteiger partial charge < -0.3 is 0 Å². The van der Waals surface area contributed by atoms with E-state index in [2.05, 4.69) is 0 Å². The first kappa shape index (κ1) is 14.3. The minimum atomic E-state index is -3.61. The number of rotatable bonds is 2. The molecule has 2 radical (unpaired) electrons. The predicted octanol–water partition coefficient (Wildman–Crippen LogP) is 1.37. The Hall–Kier alpha value is -1.66. The van der Waals surface area contributed by atoms with E-state index in [4.69, 9.17) is 7.85 Å². The molecule has 106 valence electrons. The number of hydrogen-bond acceptors (Lipinski definition) is 2. The Morgan fingerprint density at radius 3 is 2.48 bits per heavy atom. The highest BCUT2D eigenvalue weighted by Gasteiger charge is 2.28. The minimum Gasteiger partial charge on any atom is -0.207 e. The topological polar surface area (TPSA) is 37.4 Å². The second-order valence-electron chi connectivity index (χ2n) is 5.07. The molecular weight excluding hydrogens is 288 g/mol. The van der Waals surface area contributed by atoms with Crippen molar-refractivity contribution in [1.82, 2.24) is 4.31 Å². The largest absolute Gasteiger partial charge is 0.243 e. The average Bonchev–Trinajstić information content (AvgIpc) is 2.47. The number of halogens is 1. The Balaban J connectivity index is 1.93. The van der Waals surface area contributed by atoms with Gasteiger partial charge in [-0.1, -0.05) is 23.7 Å². The van der Waals surface area contributed by atoms with E-state index < -0.39 is 15.8 Å². The highest BCUT2D eigenvalue weighted by molar-refractivity contribution is 7.89. The Labute approximate surface area is 124 Å². The standard InChI is InChI=1S/C15H13BFNO2S/c16-13-2-1-11-7-8-18(10-12(11)9-13)21(19,20)15-5-3-14(17)4-6-15/h1-6,9H,7-8,10H2. The normalized spacial score (nSPS) is 15.7. The monoisotopic (exact) mass is 301 g/mol. The van der Waals surface area contributed by atoms with Crippen LogP contribution in [0.4, 0.5) is 4.39 Å². The Kier molecular flexibility index (Phi) is 3.59. The van der Waals surface area contributed by atoms with Crippen molar-refractivity contribution in [2.45, 2.75) is 17.9 Å². The van der Waals surface area contributed by atoms with E-state index in [-0.39, 0.29) is 4.90 Å². The van der Waals surface area contributed by atoms with E-state index in [1.54, 1.807) is 0 Å². The molecule has 0 saturated carbocycles. The molecule has 21 heavy (non-hydrogen) atoms. The summed E-state index contributed by atoms with van der Waals surface area (Å²) in [6.45, 7) is 0.705. The average molecular weight is 301 g/mol. The van der Waals surface area contributed by atoms with Crippen molar-refractivity contribution in [3.8, 4) is 0 Å². The van der Waals surface area contributed by atoms with Gasteiger partial charge in [-0.05, 0) is 41.8 Å². The molecule has 0 aliphatic carbocycles. The third-order valence-electron chi connectivity index (χ3n) is 3.66. The van der Waals surface area contributed by atoms with E-state index in [0.717, 1.165) is 23.3 Å². The third kappa shape index (κ3) is 2.73. The van der Waals surface area contributed by atoms with Crippen LogP contribution in [0.1, 0.15) is 11.1 Å². The SMILES string of the molecule is [B]c1ccc2c(c1)CN(S(=O)(=O)c1ccc(F)cc1)CC2. The van der Waals surface area contributed by atoms with Gasteiger partial charge in [-0.25, -0.2) is 12.8 Å². The molecule has 0 fully saturated rings. The number of benzene rings is 2. The lowest BCUT2D eigenvalue weighted by molar-refractivity contribution is 0.391. The molecule has 0 amide bonds. The zero-order chi connectivity index (χ0) is 15.0. The summed E-state index contributed by atoms with van der Waals surface area (Å²) in [5.74, 6) is -0.453. The van der Waals surface area contributed by atoms with Gasteiger partial charge in [0.05, 0.1) is 4.90 Å². The number of hydrogen-bond donors (Lipinski definition) is 0. The van der Waals surface area contributed by atoms with Crippen LogP contribution in [0.2, 0.25) is 0 Å². The summed E-state index contributed by atoms with van der Waals surface area (Å²) >= 11 is 0. The molecule has 0 saturated heterocycles. The molecule has 3 nitrogen and oxygen atoms in total. The van der Waals surface area contributed by atoms with E-state index in [9.17, 15) is 12.8 Å². The first-order valence-electron chi connectivity index (χ1n) is 6.60. The van der Waals surface area contributed by atoms with Crippen LogP contribution in [0.5, 0.6) is 0 Å². The van der Waals surface area contributed by atoms with Gasteiger partial charge in [-0.2, -0.15) is 4.31 Å². The summed E-state index contributed by atoms with van der Waals surface area (Å²) in [4.78, 5) is 0.108. The molecule has 2 aromatic rings. The summed E-state index contributed by atoms with van der Waals surface area (Å²) in [5.41, 5.74) is 2.66. The highest BCUT2D eigenvalue weighted by Crippen LogP contribution is 2.24. The molecule has 0 unspecified atom stereocenters. The van der Waals surface area contributed by atoms with Crippen molar-refractivity contribution >= 4 is 23.3 Å². The summed E-state index contributed by atoms with van der Waals surface area (Å²) < 4.78 is 39.5. The molecular formula is C15H13BFNO2S. The third-order valence-corrected chi connectivity index (χ3v) is 5.52. The van der Waals surface area contributed by atoms with Crippen molar-refractivity contribution in [3.05, 3.63) is 59.4 Å². The minimum absolute atomic E-state index is 0.108. The maximum absolute atomic E-state index is 12.9. The molecule has 0 spiro atoms. The maximum Gasteiger partial charge on any atom is 0.243 e. The van der Waals surface area contributed by atoms with Gasteiger partial charge in [0.2, 0.25) is 10.0 Å². The zero-order valence-electron chi connectivity index (χ0n) is 11.3. The van der Waals surface area contributed by atoms with E-state index in [1.165, 1.54) is 16.4 Å². The fourth-order valence-electron chi connectivity index (χ4n) is 2.51. The van der Waals surface area contributed by atoms with Crippen LogP contribution in [-0.4, -0.2) is 27.1 Å². The smallest absolute Gasteiger partial charge is 0.207 e. The summed E-state index contributed by atoms with van der Waals surface area (Å²) in [6, 6.07) is 10.5. The lowest BCUT2D eigenvalue weighted by Gasteiger charge is -2.28. The number of sulfonamides is 1. The van der Waals surface area contributed by atoms with E-state index >= 15 is 0 Å². The molecule has 3 rings (SSSR count). The molecule has 6 heteroatoms. The molecule has 1 aliphatic heterocycles. The molecule has 1 heterocycles. The van der Waals surface area contributed by atoms with Crippen molar-refractivity contribution < 1.29 is 12.8 Å². The summed E-state index contributed by atoms with van der Waals surface area (Å²) in [7, 11) is 2.15. The Morgan fingerprint density at radius 1 is 1.05 bits per heavy atom. The van der Waals surface area contributed by atoms with Crippen LogP contribution in [-0.2, 0) is 23.0 Å². The molecule has 0 aromatic heterocycles. The molecule has 0 N–H and O–H groups in total. The van der Waals surface area contributed by atoms with E-state index in [0.29, 0.717) is 25.0 Å². The molecule has 2 aromatic carbocycles. The van der Waals surface area contributed by atoms with Crippen LogP contribution in [0.3, 0.4) is 0 Å². The molecule has 1 aliphatic rings. The van der Waals surface area contributed by atoms with E-state index in [1.807, 2.05) is 18.2 Å². The zero-order valence-corrected chi connectivity index (χ0v) is 12.1. The number of fused-ring (bicyclic) bond motifs is 1. The van der Waals surface area contributed by atoms with Gasteiger partial charge in [0.25, 0.3) is 0 Å². The lowest BCUT2D eigenvalue weighted by atomic mass is 9.90. The van der Waals surface area contributed by atoms with Gasteiger partial charge in [0.15, 0.2) is 0 Å². The van der Waals surface area contributed by atoms with Crippen LogP contribution in [0, 0.1) is 5.82 Å². The van der Waals surface area contributed by atoms with Crippen LogP contribution in [0.15, 0.2) is 47.4 Å². The lowest BCUT2D eigenvalue weighted by Crippen LogP contribution is -2.36. The van der Waals surface area contributed by atoms with Gasteiger partial charge in [0, 0.05) is 13.1 Å². The Bertz CT molecular complexity index is 775. The quantitative estimate of drug-likeness (QED) is 0.786. The Morgan fingerprint density at radius 2 is 1.76 bits per heavy atom. The van der Waals surface area contributed by atoms with Crippen LogP contribution < -0.4 is 5.46 Å². The second-order valence-corrected chi connectivity index (χ2v) is 7.01. The fraction of sp³-hybridized carbons (Fsp3) is 0.200. The first-order valence-corrected chi connectivity index (χ1v) is 8.04. The molecule has 0 bridgehead atoms. The second kappa shape index (κ2) is 5.28. The van der Waals surface area contributed by atoms with Gasteiger partial charge in [0.1, 0.15) is 13.7 Å². The fourth-order valence-corrected chi connectivity index (χ4v) is 3.93. The van der Waals surface area contributed by atoms with Crippen LogP contribution >= 0.6 is 0 Å².